The van der Waals surface area contributed by atoms with Gasteiger partial charge in [0, 0.05) is 24.5 Å². The highest BCUT2D eigenvalue weighted by molar-refractivity contribution is 7.89. The molecule has 0 bridgehead atoms. The maximum atomic E-state index is 12.7. The molecule has 1 N–H and O–H groups in total. The van der Waals surface area contributed by atoms with Crippen molar-refractivity contribution in [3.8, 4) is 17.2 Å². The van der Waals surface area contributed by atoms with Crippen molar-refractivity contribution in [3.05, 3.63) is 52.8 Å². The molecule has 2 aromatic rings. The molecule has 1 aromatic carbocycles. The smallest absolute Gasteiger partial charge is 0.214 e. The highest BCUT2D eigenvalue weighted by atomic mass is 35.5. The lowest BCUT2D eigenvalue weighted by atomic mass is 9.99. The molecule has 1 aliphatic rings. The number of aromatic nitrogens is 1. The zero-order chi connectivity index (χ0) is 20.3. The van der Waals surface area contributed by atoms with Gasteiger partial charge in [-0.15, -0.1) is 0 Å². The normalized spacial score (nSPS) is 15.4. The van der Waals surface area contributed by atoms with Gasteiger partial charge in [-0.1, -0.05) is 17.7 Å². The van der Waals surface area contributed by atoms with Crippen LogP contribution >= 0.6 is 11.6 Å². The van der Waals surface area contributed by atoms with Gasteiger partial charge in [-0.2, -0.15) is 9.57 Å². The van der Waals surface area contributed by atoms with Crippen LogP contribution in [0.5, 0.6) is 0 Å². The van der Waals surface area contributed by atoms with Gasteiger partial charge in [0.25, 0.3) is 0 Å². The fourth-order valence-electron chi connectivity index (χ4n) is 3.36. The molecule has 1 heterocycles. The van der Waals surface area contributed by atoms with Crippen molar-refractivity contribution in [3.63, 3.8) is 0 Å². The van der Waals surface area contributed by atoms with Crippen molar-refractivity contribution in [2.75, 3.05) is 18.9 Å². The maximum absolute atomic E-state index is 12.7. The molecule has 0 amide bonds. The first-order valence-electron chi connectivity index (χ1n) is 9.16. The Labute approximate surface area is 170 Å². The van der Waals surface area contributed by atoms with Crippen molar-refractivity contribution in [2.24, 2.45) is 5.92 Å². The molecule has 0 saturated heterocycles. The fraction of sp³-hybridized carbons (Fsp3) is 0.400. The molecule has 0 radical (unpaired) electrons. The summed E-state index contributed by atoms with van der Waals surface area (Å²) in [6.45, 7) is 1.43. The van der Waals surface area contributed by atoms with Crippen LogP contribution in [0.4, 0.5) is 0 Å². The Hall–Kier alpha value is -1.98. The second kappa shape index (κ2) is 8.58. The third-order valence-electron chi connectivity index (χ3n) is 4.95. The summed E-state index contributed by atoms with van der Waals surface area (Å²) in [5.74, 6) is 0.198. The van der Waals surface area contributed by atoms with Crippen LogP contribution in [-0.2, 0) is 10.0 Å². The number of hydrogen-bond acceptors (Lipinski definition) is 5. The summed E-state index contributed by atoms with van der Waals surface area (Å²) >= 11 is 6.15. The number of aliphatic hydroxyl groups is 1. The van der Waals surface area contributed by atoms with E-state index in [9.17, 15) is 13.5 Å². The van der Waals surface area contributed by atoms with E-state index >= 15 is 0 Å². The van der Waals surface area contributed by atoms with Crippen LogP contribution < -0.4 is 0 Å². The van der Waals surface area contributed by atoms with Crippen LogP contribution in [0.15, 0.2) is 36.7 Å². The second-order valence-electron chi connectivity index (χ2n) is 6.83. The van der Waals surface area contributed by atoms with E-state index in [0.717, 1.165) is 29.5 Å². The minimum Gasteiger partial charge on any atom is -0.395 e. The van der Waals surface area contributed by atoms with Crippen molar-refractivity contribution in [1.29, 1.82) is 5.26 Å². The van der Waals surface area contributed by atoms with Gasteiger partial charge in [0.2, 0.25) is 10.0 Å². The molecule has 0 aliphatic heterocycles. The Morgan fingerprint density at radius 2 is 2.07 bits per heavy atom. The lowest BCUT2D eigenvalue weighted by molar-refractivity contribution is 0.215. The van der Waals surface area contributed by atoms with Crippen molar-refractivity contribution in [2.45, 2.75) is 25.8 Å². The molecule has 148 valence electrons. The Balaban J connectivity index is 2.03. The van der Waals surface area contributed by atoms with E-state index in [1.807, 2.05) is 12.1 Å². The number of pyridine rings is 1. The first-order valence-corrected chi connectivity index (χ1v) is 11.1. The highest BCUT2D eigenvalue weighted by Gasteiger charge is 2.40. The minimum atomic E-state index is -3.48. The SMILES string of the molecule is CCS(=O)(=O)N(CCO)C(c1cncc(-c2ccc(C#N)c(Cl)c2)c1)C1CC1. The first-order chi connectivity index (χ1) is 13.4. The van der Waals surface area contributed by atoms with Gasteiger partial charge in [-0.3, -0.25) is 4.98 Å². The van der Waals surface area contributed by atoms with Gasteiger partial charge < -0.3 is 5.11 Å². The lowest BCUT2D eigenvalue weighted by Crippen LogP contribution is -2.39. The molecular weight excluding hydrogens is 398 g/mol. The molecule has 6 nitrogen and oxygen atoms in total. The summed E-state index contributed by atoms with van der Waals surface area (Å²) in [7, 11) is -3.48. The highest BCUT2D eigenvalue weighted by Crippen LogP contribution is 2.46. The summed E-state index contributed by atoms with van der Waals surface area (Å²) in [6, 6.07) is 8.77. The third-order valence-corrected chi connectivity index (χ3v) is 7.11. The quantitative estimate of drug-likeness (QED) is 0.707. The topological polar surface area (TPSA) is 94.3 Å². The first kappa shape index (κ1) is 20.7. The Morgan fingerprint density at radius 1 is 1.32 bits per heavy atom. The van der Waals surface area contributed by atoms with Gasteiger partial charge in [0.05, 0.1) is 29.0 Å². The Morgan fingerprint density at radius 3 is 2.64 bits per heavy atom. The average molecular weight is 420 g/mol. The summed E-state index contributed by atoms with van der Waals surface area (Å²) in [5.41, 5.74) is 2.80. The minimum absolute atomic E-state index is 0.0193. The summed E-state index contributed by atoms with van der Waals surface area (Å²) in [6.07, 6.45) is 5.26. The monoisotopic (exact) mass is 419 g/mol. The van der Waals surface area contributed by atoms with E-state index in [0.29, 0.717) is 10.6 Å². The molecule has 1 fully saturated rings. The predicted octanol–water partition coefficient (Wildman–Crippen LogP) is 3.37. The molecule has 28 heavy (non-hydrogen) atoms. The number of hydrogen-bond donors (Lipinski definition) is 1. The Kier molecular flexibility index (Phi) is 6.36. The van der Waals surface area contributed by atoms with Gasteiger partial charge in [-0.05, 0) is 55.0 Å². The van der Waals surface area contributed by atoms with Crippen LogP contribution in [0.25, 0.3) is 11.1 Å². The molecular formula is C20H22ClN3O3S. The Bertz CT molecular complexity index is 1000. The van der Waals surface area contributed by atoms with E-state index in [1.54, 1.807) is 37.5 Å². The van der Waals surface area contributed by atoms with Crippen LogP contribution in [0, 0.1) is 17.2 Å². The van der Waals surface area contributed by atoms with E-state index in [1.165, 1.54) is 4.31 Å². The number of rotatable bonds is 8. The number of nitriles is 1. The van der Waals surface area contributed by atoms with Crippen LogP contribution in [0.2, 0.25) is 5.02 Å². The fourth-order valence-corrected chi connectivity index (χ4v) is 4.92. The van der Waals surface area contributed by atoms with Crippen molar-refractivity contribution in [1.82, 2.24) is 9.29 Å². The molecule has 3 rings (SSSR count). The van der Waals surface area contributed by atoms with Gasteiger partial charge in [0.15, 0.2) is 0 Å². The number of halogens is 1. The van der Waals surface area contributed by atoms with Gasteiger partial charge >= 0.3 is 0 Å². The number of sulfonamides is 1. The van der Waals surface area contributed by atoms with Crippen LogP contribution in [0.1, 0.15) is 36.9 Å². The second-order valence-corrected chi connectivity index (χ2v) is 9.45. The summed E-state index contributed by atoms with van der Waals surface area (Å²) in [5, 5.41) is 18.9. The van der Waals surface area contributed by atoms with Gasteiger partial charge in [-0.25, -0.2) is 8.42 Å². The van der Waals surface area contributed by atoms with Crippen LogP contribution in [0.3, 0.4) is 0 Å². The zero-order valence-corrected chi connectivity index (χ0v) is 17.1. The van der Waals surface area contributed by atoms with E-state index in [-0.39, 0.29) is 30.9 Å². The van der Waals surface area contributed by atoms with Crippen LogP contribution in [-0.4, -0.2) is 41.7 Å². The number of nitrogens with zero attached hydrogens (tertiary/aromatic N) is 3. The number of aliphatic hydroxyl groups excluding tert-OH is 1. The maximum Gasteiger partial charge on any atom is 0.214 e. The number of benzene rings is 1. The standard InChI is InChI=1S/C20H22ClN3O3S/c1-2-28(26,27)24(7-8-25)20(14-3-4-14)18-9-17(12-23-13-18)15-5-6-16(11-22)19(21)10-15/h5-6,9-10,12-14,20,25H,2-4,7-8H2,1H3. The van der Waals surface area contributed by atoms with Crippen molar-refractivity contribution < 1.29 is 13.5 Å². The molecule has 0 spiro atoms. The van der Waals surface area contributed by atoms with Gasteiger partial charge in [0.1, 0.15) is 6.07 Å². The predicted molar refractivity (Wildman–Crippen MR) is 108 cm³/mol. The molecule has 1 unspecified atom stereocenters. The van der Waals surface area contributed by atoms with E-state index in [2.05, 4.69) is 4.98 Å². The summed E-state index contributed by atoms with van der Waals surface area (Å²) < 4.78 is 26.7. The van der Waals surface area contributed by atoms with Crippen molar-refractivity contribution >= 4 is 21.6 Å². The largest absolute Gasteiger partial charge is 0.395 e. The summed E-state index contributed by atoms with van der Waals surface area (Å²) in [4.78, 5) is 4.32. The van der Waals surface area contributed by atoms with E-state index < -0.39 is 10.0 Å². The molecule has 8 heteroatoms. The van der Waals surface area contributed by atoms with E-state index in [4.69, 9.17) is 16.9 Å². The lowest BCUT2D eigenvalue weighted by Gasteiger charge is -2.30. The zero-order valence-electron chi connectivity index (χ0n) is 15.5. The molecule has 1 saturated carbocycles. The molecule has 1 aliphatic carbocycles. The average Bonchev–Trinajstić information content (AvgIpc) is 3.53. The third kappa shape index (κ3) is 4.36. The molecule has 1 aromatic heterocycles. The molecule has 1 atom stereocenters.